The van der Waals surface area contributed by atoms with Gasteiger partial charge in [-0.2, -0.15) is 0 Å². The molecule has 1 saturated heterocycles. The van der Waals surface area contributed by atoms with Crippen LogP contribution < -0.4 is 10.5 Å². The molecule has 0 radical (unpaired) electrons. The molecule has 0 bridgehead atoms. The zero-order chi connectivity index (χ0) is 20.8. The number of carbonyl (C=O) groups is 1. The van der Waals surface area contributed by atoms with Gasteiger partial charge in [0.15, 0.2) is 0 Å². The highest BCUT2D eigenvalue weighted by atomic mass is 16.5. The van der Waals surface area contributed by atoms with Crippen molar-refractivity contribution in [1.82, 2.24) is 14.9 Å². The summed E-state index contributed by atoms with van der Waals surface area (Å²) in [6.45, 7) is 2.54. The Hall–Kier alpha value is -3.25. The first-order chi connectivity index (χ1) is 14.7. The monoisotopic (exact) mass is 402 g/mol. The van der Waals surface area contributed by atoms with Crippen molar-refractivity contribution in [1.29, 1.82) is 0 Å². The van der Waals surface area contributed by atoms with E-state index in [1.165, 1.54) is 0 Å². The third-order valence-electron chi connectivity index (χ3n) is 5.67. The van der Waals surface area contributed by atoms with Crippen LogP contribution in [0.4, 0.5) is 0 Å². The molecule has 30 heavy (non-hydrogen) atoms. The number of pyridine rings is 2. The van der Waals surface area contributed by atoms with Crippen molar-refractivity contribution < 1.29 is 9.53 Å². The van der Waals surface area contributed by atoms with Crippen molar-refractivity contribution in [3.8, 4) is 5.75 Å². The van der Waals surface area contributed by atoms with E-state index in [1.54, 1.807) is 12.4 Å². The average Bonchev–Trinajstić information content (AvgIpc) is 2.80. The summed E-state index contributed by atoms with van der Waals surface area (Å²) in [5.74, 6) is 0.516. The fourth-order valence-corrected chi connectivity index (χ4v) is 4.11. The van der Waals surface area contributed by atoms with Gasteiger partial charge in [-0.1, -0.05) is 30.3 Å². The molecule has 1 fully saturated rings. The molecule has 3 aromatic rings. The number of ether oxygens (including phenoxy) is 1. The molecule has 3 heterocycles. The summed E-state index contributed by atoms with van der Waals surface area (Å²) in [5, 5.41) is 0. The first-order valence-corrected chi connectivity index (χ1v) is 10.2. The number of primary amides is 1. The highest BCUT2D eigenvalue weighted by Gasteiger charge is 2.43. The van der Waals surface area contributed by atoms with E-state index in [2.05, 4.69) is 20.9 Å². The zero-order valence-corrected chi connectivity index (χ0v) is 16.9. The molecule has 0 saturated carbocycles. The zero-order valence-electron chi connectivity index (χ0n) is 16.9. The Morgan fingerprint density at radius 1 is 1.03 bits per heavy atom. The Balaban J connectivity index is 1.51. The predicted molar refractivity (Wildman–Crippen MR) is 115 cm³/mol. The van der Waals surface area contributed by atoms with Gasteiger partial charge in [0.05, 0.1) is 11.4 Å². The normalized spacial score (nSPS) is 19.3. The van der Waals surface area contributed by atoms with Crippen LogP contribution in [0, 0.1) is 0 Å². The lowest BCUT2D eigenvalue weighted by Crippen LogP contribution is -2.53. The second-order valence-electron chi connectivity index (χ2n) is 7.69. The molecule has 2 N–H and O–H groups in total. The van der Waals surface area contributed by atoms with Crippen molar-refractivity contribution in [2.45, 2.75) is 31.4 Å². The Morgan fingerprint density at radius 2 is 1.80 bits per heavy atom. The van der Waals surface area contributed by atoms with Crippen molar-refractivity contribution in [3.63, 3.8) is 0 Å². The van der Waals surface area contributed by atoms with Crippen LogP contribution in [-0.4, -0.2) is 33.9 Å². The summed E-state index contributed by atoms with van der Waals surface area (Å²) in [4.78, 5) is 23.6. The number of carbonyl (C=O) groups excluding carboxylic acids is 1. The maximum atomic E-state index is 12.5. The number of nitrogens with two attached hydrogens (primary N) is 1. The van der Waals surface area contributed by atoms with Gasteiger partial charge in [0, 0.05) is 31.0 Å². The molecule has 0 spiro atoms. The molecule has 154 valence electrons. The maximum absolute atomic E-state index is 12.5. The number of aromatic nitrogens is 2. The van der Waals surface area contributed by atoms with Gasteiger partial charge in [-0.05, 0) is 49.7 Å². The molecule has 1 amide bonds. The summed E-state index contributed by atoms with van der Waals surface area (Å²) in [5.41, 5.74) is 7.85. The molecule has 1 aromatic carbocycles. The quantitative estimate of drug-likeness (QED) is 0.657. The number of nitrogens with zero attached hydrogens (tertiary/aromatic N) is 3. The summed E-state index contributed by atoms with van der Waals surface area (Å²) in [6.07, 6.45) is 5.09. The number of benzene rings is 1. The Kier molecular flexibility index (Phi) is 6.05. The maximum Gasteiger partial charge on any atom is 0.230 e. The van der Waals surface area contributed by atoms with Crippen LogP contribution in [0.15, 0.2) is 73.1 Å². The molecule has 6 heteroatoms. The van der Waals surface area contributed by atoms with E-state index in [-0.39, 0.29) is 5.91 Å². The van der Waals surface area contributed by atoms with Gasteiger partial charge in [-0.15, -0.1) is 0 Å². The average molecular weight is 402 g/mol. The number of rotatable bonds is 7. The molecular weight excluding hydrogens is 376 g/mol. The Bertz CT molecular complexity index is 981. The number of para-hydroxylation sites is 1. The van der Waals surface area contributed by atoms with Crippen molar-refractivity contribution in [2.75, 3.05) is 13.1 Å². The van der Waals surface area contributed by atoms with E-state index >= 15 is 0 Å². The minimum absolute atomic E-state index is 0.314. The largest absolute Gasteiger partial charge is 0.487 e. The van der Waals surface area contributed by atoms with Gasteiger partial charge in [0.2, 0.25) is 5.91 Å². The van der Waals surface area contributed by atoms with E-state index in [0.717, 1.165) is 35.7 Å². The fraction of sp³-hybridized carbons (Fsp3) is 0.292. The SMILES string of the molecule is NC(=O)[C@]1(c2ccccn2)CCCN(Cc2ccccc2OCc2ccccn2)C1. The summed E-state index contributed by atoms with van der Waals surface area (Å²) in [6, 6.07) is 19.5. The second kappa shape index (κ2) is 9.05. The van der Waals surface area contributed by atoms with Gasteiger partial charge in [0.1, 0.15) is 17.8 Å². The first kappa shape index (κ1) is 20.0. The van der Waals surface area contributed by atoms with Gasteiger partial charge in [-0.3, -0.25) is 19.7 Å². The number of likely N-dealkylation sites (tertiary alicyclic amines) is 1. The van der Waals surface area contributed by atoms with E-state index in [9.17, 15) is 4.79 Å². The highest BCUT2D eigenvalue weighted by molar-refractivity contribution is 5.86. The first-order valence-electron chi connectivity index (χ1n) is 10.2. The standard InChI is InChI=1S/C24H26N4O2/c25-23(29)24(22-11-4-6-14-27-22)12-7-15-28(18-24)16-19-8-1-2-10-21(19)30-17-20-9-3-5-13-26-20/h1-6,8-11,13-14H,7,12,15-18H2,(H2,25,29)/t24-/m1/s1. The lowest BCUT2D eigenvalue weighted by atomic mass is 9.76. The molecule has 4 rings (SSSR count). The van der Waals surface area contributed by atoms with Crippen LogP contribution >= 0.6 is 0 Å². The van der Waals surface area contributed by atoms with Crippen LogP contribution in [0.2, 0.25) is 0 Å². The van der Waals surface area contributed by atoms with Gasteiger partial charge in [0.25, 0.3) is 0 Å². The van der Waals surface area contributed by atoms with E-state index in [0.29, 0.717) is 26.1 Å². The van der Waals surface area contributed by atoms with Gasteiger partial charge in [-0.25, -0.2) is 0 Å². The number of amides is 1. The smallest absolute Gasteiger partial charge is 0.230 e. The second-order valence-corrected chi connectivity index (χ2v) is 7.69. The lowest BCUT2D eigenvalue weighted by molar-refractivity contribution is -0.126. The minimum atomic E-state index is -0.761. The van der Waals surface area contributed by atoms with Crippen LogP contribution in [0.5, 0.6) is 5.75 Å². The Labute approximate surface area is 176 Å². The minimum Gasteiger partial charge on any atom is -0.487 e. The number of piperidine rings is 1. The summed E-state index contributed by atoms with van der Waals surface area (Å²) >= 11 is 0. The molecular formula is C24H26N4O2. The molecule has 0 aliphatic carbocycles. The van der Waals surface area contributed by atoms with Crippen LogP contribution in [0.1, 0.15) is 29.8 Å². The van der Waals surface area contributed by atoms with Crippen LogP contribution in [-0.2, 0) is 23.4 Å². The summed E-state index contributed by atoms with van der Waals surface area (Å²) < 4.78 is 6.06. The van der Waals surface area contributed by atoms with Gasteiger partial charge < -0.3 is 10.5 Å². The molecule has 2 aromatic heterocycles. The Morgan fingerprint density at radius 3 is 2.53 bits per heavy atom. The molecule has 6 nitrogen and oxygen atoms in total. The highest BCUT2D eigenvalue weighted by Crippen LogP contribution is 2.34. The lowest BCUT2D eigenvalue weighted by Gasteiger charge is -2.40. The predicted octanol–water partition coefficient (Wildman–Crippen LogP) is 3.07. The van der Waals surface area contributed by atoms with E-state index < -0.39 is 5.41 Å². The number of hydrogen-bond acceptors (Lipinski definition) is 5. The van der Waals surface area contributed by atoms with Crippen molar-refractivity contribution >= 4 is 5.91 Å². The topological polar surface area (TPSA) is 81.3 Å². The van der Waals surface area contributed by atoms with Crippen LogP contribution in [0.3, 0.4) is 0 Å². The van der Waals surface area contributed by atoms with Gasteiger partial charge >= 0.3 is 0 Å². The fourth-order valence-electron chi connectivity index (χ4n) is 4.11. The molecule has 1 aliphatic heterocycles. The van der Waals surface area contributed by atoms with Crippen molar-refractivity contribution in [2.24, 2.45) is 5.73 Å². The molecule has 0 unspecified atom stereocenters. The van der Waals surface area contributed by atoms with Crippen LogP contribution in [0.25, 0.3) is 0 Å². The third-order valence-corrected chi connectivity index (χ3v) is 5.67. The van der Waals surface area contributed by atoms with Crippen molar-refractivity contribution in [3.05, 3.63) is 90.0 Å². The third kappa shape index (κ3) is 4.33. The van der Waals surface area contributed by atoms with E-state index in [1.807, 2.05) is 54.6 Å². The van der Waals surface area contributed by atoms with E-state index in [4.69, 9.17) is 10.5 Å². The molecule has 1 atom stereocenters. The number of hydrogen-bond donors (Lipinski definition) is 1. The molecule has 1 aliphatic rings. The summed E-state index contributed by atoms with van der Waals surface area (Å²) in [7, 11) is 0.